The molecular formula is C23H22N4O4S. The van der Waals surface area contributed by atoms with E-state index in [-0.39, 0.29) is 18.4 Å². The third-order valence-corrected chi connectivity index (χ3v) is 6.51. The summed E-state index contributed by atoms with van der Waals surface area (Å²) in [7, 11) is 0. The Bertz CT molecular complexity index is 1250. The minimum atomic E-state index is -0.544. The van der Waals surface area contributed by atoms with Gasteiger partial charge in [-0.1, -0.05) is 12.1 Å². The van der Waals surface area contributed by atoms with E-state index in [1.54, 1.807) is 35.6 Å². The van der Waals surface area contributed by atoms with Crippen molar-refractivity contribution < 1.29 is 14.3 Å². The normalized spacial score (nSPS) is 12.7. The van der Waals surface area contributed by atoms with E-state index < -0.39 is 18.5 Å². The van der Waals surface area contributed by atoms with Crippen molar-refractivity contribution in [2.45, 2.75) is 44.9 Å². The number of hydrogen-bond acceptors (Lipinski definition) is 7. The number of amides is 1. The van der Waals surface area contributed by atoms with Crippen LogP contribution in [-0.2, 0) is 40.0 Å². The first-order valence-corrected chi connectivity index (χ1v) is 11.3. The number of aromatic amines is 1. The first kappa shape index (κ1) is 21.7. The summed E-state index contributed by atoms with van der Waals surface area (Å²) in [5, 5.41) is 12.0. The summed E-state index contributed by atoms with van der Waals surface area (Å²) in [6.07, 6.45) is 4.67. The van der Waals surface area contributed by atoms with E-state index in [0.717, 1.165) is 41.6 Å². The van der Waals surface area contributed by atoms with Gasteiger partial charge in [0, 0.05) is 17.0 Å². The van der Waals surface area contributed by atoms with Gasteiger partial charge in [0.2, 0.25) is 0 Å². The number of nitrogens with zero attached hydrogens (tertiary/aromatic N) is 2. The lowest BCUT2D eigenvalue weighted by molar-refractivity contribution is -0.147. The number of thiophene rings is 1. The highest BCUT2D eigenvalue weighted by atomic mass is 32.1. The van der Waals surface area contributed by atoms with Crippen molar-refractivity contribution >= 4 is 39.1 Å². The van der Waals surface area contributed by atoms with Crippen molar-refractivity contribution in [2.24, 2.45) is 0 Å². The molecule has 0 spiro atoms. The summed E-state index contributed by atoms with van der Waals surface area (Å²) in [5.74, 6) is -0.554. The number of nitrogens with one attached hydrogen (secondary N) is 2. The van der Waals surface area contributed by atoms with Crippen LogP contribution in [-0.4, -0.2) is 28.5 Å². The van der Waals surface area contributed by atoms with Crippen LogP contribution < -0.4 is 10.9 Å². The number of nitriles is 1. The molecule has 9 heteroatoms. The fourth-order valence-corrected chi connectivity index (χ4v) is 5.04. The van der Waals surface area contributed by atoms with Crippen molar-refractivity contribution in [2.75, 3.05) is 11.9 Å². The number of esters is 1. The van der Waals surface area contributed by atoms with Crippen LogP contribution in [0, 0.1) is 11.3 Å². The van der Waals surface area contributed by atoms with Crippen molar-refractivity contribution in [3.63, 3.8) is 0 Å². The van der Waals surface area contributed by atoms with Crippen LogP contribution in [0.2, 0.25) is 0 Å². The third-order valence-electron chi connectivity index (χ3n) is 5.33. The van der Waals surface area contributed by atoms with Gasteiger partial charge in [-0.2, -0.15) is 5.26 Å². The van der Waals surface area contributed by atoms with Gasteiger partial charge in [-0.3, -0.25) is 14.4 Å². The fourth-order valence-electron chi connectivity index (χ4n) is 3.76. The number of ether oxygens (including phenoxy) is 1. The lowest BCUT2D eigenvalue weighted by atomic mass is 9.97. The van der Waals surface area contributed by atoms with Gasteiger partial charge < -0.3 is 15.0 Å². The number of benzene rings is 1. The maximum atomic E-state index is 12.5. The van der Waals surface area contributed by atoms with Crippen LogP contribution >= 0.6 is 11.3 Å². The lowest BCUT2D eigenvalue weighted by Crippen LogP contribution is -2.21. The molecule has 3 aromatic rings. The highest BCUT2D eigenvalue weighted by molar-refractivity contribution is 7.18. The molecule has 164 valence electrons. The predicted octanol–water partition coefficient (Wildman–Crippen LogP) is 3.04. The molecule has 4 rings (SSSR count). The van der Waals surface area contributed by atoms with E-state index in [9.17, 15) is 14.4 Å². The lowest BCUT2D eigenvalue weighted by Gasteiger charge is -2.09. The average molecular weight is 451 g/mol. The number of aromatic nitrogens is 2. The molecule has 0 atom stereocenters. The van der Waals surface area contributed by atoms with Gasteiger partial charge in [-0.05, 0) is 48.9 Å². The van der Waals surface area contributed by atoms with Gasteiger partial charge in [0.25, 0.3) is 11.5 Å². The van der Waals surface area contributed by atoms with Gasteiger partial charge in [-0.15, -0.1) is 11.3 Å². The highest BCUT2D eigenvalue weighted by Gasteiger charge is 2.20. The number of carbonyl (C=O) groups excluding carboxylic acids is 2. The molecule has 8 nitrogen and oxygen atoms in total. The quantitative estimate of drug-likeness (QED) is 0.533. The minimum Gasteiger partial charge on any atom is -0.456 e. The summed E-state index contributed by atoms with van der Waals surface area (Å²) in [4.78, 5) is 45.9. The Morgan fingerprint density at radius 3 is 2.78 bits per heavy atom. The molecule has 32 heavy (non-hydrogen) atoms. The molecule has 1 aromatic carbocycles. The van der Waals surface area contributed by atoms with Crippen molar-refractivity contribution in [1.29, 1.82) is 5.26 Å². The monoisotopic (exact) mass is 450 g/mol. The summed E-state index contributed by atoms with van der Waals surface area (Å²) in [6.45, 7) is -0.403. The molecule has 0 aliphatic heterocycles. The van der Waals surface area contributed by atoms with Crippen LogP contribution in [0.5, 0.6) is 0 Å². The summed E-state index contributed by atoms with van der Waals surface area (Å²) >= 11 is 1.56. The molecule has 0 saturated heterocycles. The molecule has 0 radical (unpaired) electrons. The SMILES string of the molecule is N#CCc1ccc(NC(=O)COC(=O)CCc2nc3sc4c(c3c(=O)[nH]2)CCCC4)cc1. The van der Waals surface area contributed by atoms with Gasteiger partial charge in [0.15, 0.2) is 6.61 Å². The van der Waals surface area contributed by atoms with Crippen LogP contribution in [0.1, 0.15) is 41.1 Å². The molecule has 0 saturated carbocycles. The van der Waals surface area contributed by atoms with E-state index in [2.05, 4.69) is 21.4 Å². The van der Waals surface area contributed by atoms with E-state index in [4.69, 9.17) is 10.00 Å². The highest BCUT2D eigenvalue weighted by Crippen LogP contribution is 2.33. The van der Waals surface area contributed by atoms with Crippen molar-refractivity contribution in [3.05, 3.63) is 56.4 Å². The average Bonchev–Trinajstić information content (AvgIpc) is 3.17. The third kappa shape index (κ3) is 5.03. The Balaban J connectivity index is 1.28. The molecule has 1 amide bonds. The number of H-pyrrole nitrogens is 1. The second kappa shape index (κ2) is 9.75. The van der Waals surface area contributed by atoms with E-state index in [1.807, 2.05) is 0 Å². The van der Waals surface area contributed by atoms with E-state index in [1.165, 1.54) is 4.88 Å². The number of hydrogen-bond donors (Lipinski definition) is 2. The molecule has 2 N–H and O–H groups in total. The topological polar surface area (TPSA) is 125 Å². The molecule has 1 aliphatic rings. The second-order valence-electron chi connectivity index (χ2n) is 7.64. The summed E-state index contributed by atoms with van der Waals surface area (Å²) in [6, 6.07) is 8.93. The fraction of sp³-hybridized carbons (Fsp3) is 0.348. The molecule has 2 aromatic heterocycles. The molecule has 0 fully saturated rings. The minimum absolute atomic E-state index is 0.00960. The summed E-state index contributed by atoms with van der Waals surface area (Å²) < 4.78 is 5.03. The Morgan fingerprint density at radius 1 is 1.22 bits per heavy atom. The van der Waals surface area contributed by atoms with Gasteiger partial charge >= 0.3 is 5.97 Å². The zero-order valence-corrected chi connectivity index (χ0v) is 18.2. The largest absolute Gasteiger partial charge is 0.456 e. The standard InChI is InChI=1S/C23H22N4O4S/c24-12-11-14-5-7-15(8-6-14)25-19(28)13-31-20(29)10-9-18-26-22(30)21-16-3-1-2-4-17(16)32-23(21)27-18/h5-8H,1-4,9-11,13H2,(H,25,28)(H,26,27,30). The predicted molar refractivity (Wildman–Crippen MR) is 121 cm³/mol. The first-order valence-electron chi connectivity index (χ1n) is 10.5. The molecule has 0 bridgehead atoms. The Labute approximate surface area is 188 Å². The van der Waals surface area contributed by atoms with Gasteiger partial charge in [0.05, 0.1) is 24.3 Å². The van der Waals surface area contributed by atoms with E-state index in [0.29, 0.717) is 23.3 Å². The second-order valence-corrected chi connectivity index (χ2v) is 8.73. The Morgan fingerprint density at radius 2 is 2.00 bits per heavy atom. The van der Waals surface area contributed by atoms with E-state index >= 15 is 0 Å². The Hall–Kier alpha value is -3.51. The molecular weight excluding hydrogens is 428 g/mol. The Kier molecular flexibility index (Phi) is 6.61. The zero-order valence-electron chi connectivity index (χ0n) is 17.4. The molecule has 0 unspecified atom stereocenters. The van der Waals surface area contributed by atoms with Crippen molar-refractivity contribution in [3.8, 4) is 6.07 Å². The van der Waals surface area contributed by atoms with Crippen LogP contribution in [0.3, 0.4) is 0 Å². The number of rotatable bonds is 7. The van der Waals surface area contributed by atoms with Gasteiger partial charge in [0.1, 0.15) is 10.7 Å². The smallest absolute Gasteiger partial charge is 0.306 e. The number of anilines is 1. The molecule has 2 heterocycles. The van der Waals surface area contributed by atoms with Crippen LogP contribution in [0.25, 0.3) is 10.2 Å². The van der Waals surface area contributed by atoms with Gasteiger partial charge in [-0.25, -0.2) is 4.98 Å². The van der Waals surface area contributed by atoms with Crippen LogP contribution in [0.4, 0.5) is 5.69 Å². The molecule has 1 aliphatic carbocycles. The first-order chi connectivity index (χ1) is 15.5. The van der Waals surface area contributed by atoms with Crippen LogP contribution in [0.15, 0.2) is 29.1 Å². The number of carbonyl (C=O) groups is 2. The number of fused-ring (bicyclic) bond motifs is 3. The summed E-state index contributed by atoms with van der Waals surface area (Å²) in [5.41, 5.74) is 2.38. The zero-order chi connectivity index (χ0) is 22.5. The van der Waals surface area contributed by atoms with Crippen molar-refractivity contribution in [1.82, 2.24) is 9.97 Å². The number of aryl methyl sites for hydroxylation is 3. The maximum Gasteiger partial charge on any atom is 0.306 e. The maximum absolute atomic E-state index is 12.5.